The molecular weight excluding hydrogens is 170 g/mol. The van der Waals surface area contributed by atoms with E-state index in [1.807, 2.05) is 0 Å². The van der Waals surface area contributed by atoms with Crippen LogP contribution in [0.1, 0.15) is 25.0 Å². The molecule has 1 aromatic heterocycles. The summed E-state index contributed by atoms with van der Waals surface area (Å²) in [6.07, 6.45) is 3.02. The second-order valence-corrected chi connectivity index (χ2v) is 3.10. The Morgan fingerprint density at radius 2 is 2.38 bits per heavy atom. The number of aliphatic hydroxyl groups excluding tert-OH is 2. The highest BCUT2D eigenvalue weighted by molar-refractivity contribution is 4.95. The lowest BCUT2D eigenvalue weighted by molar-refractivity contribution is 0.186. The van der Waals surface area contributed by atoms with E-state index < -0.39 is 6.10 Å². The Bertz CT molecular complexity index is 245. The number of hydrogen-bond donors (Lipinski definition) is 2. The van der Waals surface area contributed by atoms with Crippen LogP contribution in [0.5, 0.6) is 0 Å². The molecule has 0 spiro atoms. The van der Waals surface area contributed by atoms with Crippen molar-refractivity contribution in [1.82, 2.24) is 4.98 Å². The fraction of sp³-hybridized carbons (Fsp3) is 0.667. The molecule has 1 heterocycles. The van der Waals surface area contributed by atoms with Crippen molar-refractivity contribution >= 4 is 0 Å². The molecule has 13 heavy (non-hydrogen) atoms. The van der Waals surface area contributed by atoms with Crippen LogP contribution in [0.2, 0.25) is 0 Å². The van der Waals surface area contributed by atoms with E-state index in [4.69, 9.17) is 14.6 Å². The predicted molar refractivity (Wildman–Crippen MR) is 47.3 cm³/mol. The van der Waals surface area contributed by atoms with Crippen molar-refractivity contribution in [1.29, 1.82) is 0 Å². The summed E-state index contributed by atoms with van der Waals surface area (Å²) in [6.45, 7) is 1.85. The number of aromatic nitrogens is 1. The normalized spacial score (nSPS) is 13.2. The lowest BCUT2D eigenvalue weighted by atomic mass is 10.2. The van der Waals surface area contributed by atoms with E-state index in [-0.39, 0.29) is 6.61 Å². The molecule has 0 aromatic carbocycles. The van der Waals surface area contributed by atoms with E-state index in [0.29, 0.717) is 30.9 Å². The van der Waals surface area contributed by atoms with Crippen LogP contribution in [0.4, 0.5) is 0 Å². The molecule has 1 rings (SSSR count). The largest absolute Gasteiger partial charge is 0.446 e. The summed E-state index contributed by atoms with van der Waals surface area (Å²) >= 11 is 0. The van der Waals surface area contributed by atoms with Crippen LogP contribution in [-0.2, 0) is 12.8 Å². The van der Waals surface area contributed by atoms with Crippen LogP contribution in [0.25, 0.3) is 0 Å². The second kappa shape index (κ2) is 4.99. The fourth-order valence-electron chi connectivity index (χ4n) is 1.08. The van der Waals surface area contributed by atoms with Gasteiger partial charge in [-0.25, -0.2) is 4.98 Å². The number of hydrogen-bond acceptors (Lipinski definition) is 4. The quantitative estimate of drug-likeness (QED) is 0.702. The Morgan fingerprint density at radius 1 is 1.62 bits per heavy atom. The van der Waals surface area contributed by atoms with Crippen molar-refractivity contribution in [3.8, 4) is 0 Å². The summed E-state index contributed by atoms with van der Waals surface area (Å²) in [5, 5.41) is 17.6. The van der Waals surface area contributed by atoms with Gasteiger partial charge in [0.15, 0.2) is 5.89 Å². The van der Waals surface area contributed by atoms with Gasteiger partial charge in [-0.05, 0) is 13.3 Å². The zero-order chi connectivity index (χ0) is 9.68. The summed E-state index contributed by atoms with van der Waals surface area (Å²) < 4.78 is 5.31. The summed E-state index contributed by atoms with van der Waals surface area (Å²) in [6, 6.07) is 0. The molecular formula is C9H15NO3. The Labute approximate surface area is 77.2 Å². The average Bonchev–Trinajstić information content (AvgIpc) is 2.48. The molecule has 1 atom stereocenters. The maximum Gasteiger partial charge on any atom is 0.194 e. The number of rotatable bonds is 5. The van der Waals surface area contributed by atoms with Crippen LogP contribution in [-0.4, -0.2) is 27.9 Å². The summed E-state index contributed by atoms with van der Waals surface area (Å²) in [5.41, 5.74) is 0. The van der Waals surface area contributed by atoms with Gasteiger partial charge < -0.3 is 14.6 Å². The summed E-state index contributed by atoms with van der Waals surface area (Å²) in [5.74, 6) is 1.33. The van der Waals surface area contributed by atoms with E-state index in [2.05, 4.69) is 4.98 Å². The molecule has 0 amide bonds. The molecule has 0 aliphatic rings. The van der Waals surface area contributed by atoms with Crippen molar-refractivity contribution in [2.75, 3.05) is 6.61 Å². The molecule has 0 bridgehead atoms. The van der Waals surface area contributed by atoms with E-state index in [9.17, 15) is 0 Å². The topological polar surface area (TPSA) is 66.5 Å². The number of aryl methyl sites for hydroxylation is 1. The molecule has 0 radical (unpaired) electrons. The van der Waals surface area contributed by atoms with E-state index in [1.165, 1.54) is 0 Å². The smallest absolute Gasteiger partial charge is 0.194 e. The number of nitrogens with zero attached hydrogens (tertiary/aromatic N) is 1. The Morgan fingerprint density at radius 3 is 3.00 bits per heavy atom. The molecule has 0 saturated heterocycles. The van der Waals surface area contributed by atoms with Crippen LogP contribution >= 0.6 is 0 Å². The van der Waals surface area contributed by atoms with Crippen LogP contribution in [0.3, 0.4) is 0 Å². The maximum absolute atomic E-state index is 9.06. The van der Waals surface area contributed by atoms with Gasteiger partial charge in [0.05, 0.1) is 12.3 Å². The Hall–Kier alpha value is -0.870. The minimum Gasteiger partial charge on any atom is -0.446 e. The van der Waals surface area contributed by atoms with Crippen LogP contribution in [0, 0.1) is 0 Å². The third-order valence-electron chi connectivity index (χ3n) is 1.65. The van der Waals surface area contributed by atoms with Crippen molar-refractivity contribution in [3.05, 3.63) is 17.8 Å². The highest BCUT2D eigenvalue weighted by atomic mass is 16.4. The van der Waals surface area contributed by atoms with Gasteiger partial charge in [0.1, 0.15) is 5.76 Å². The van der Waals surface area contributed by atoms with Gasteiger partial charge in [-0.15, -0.1) is 0 Å². The molecule has 0 aliphatic carbocycles. The number of aliphatic hydroxyl groups is 2. The van der Waals surface area contributed by atoms with Gasteiger partial charge in [-0.1, -0.05) is 0 Å². The molecule has 0 aliphatic heterocycles. The molecule has 1 aromatic rings. The molecule has 0 fully saturated rings. The van der Waals surface area contributed by atoms with Crippen molar-refractivity contribution in [2.45, 2.75) is 32.3 Å². The van der Waals surface area contributed by atoms with Gasteiger partial charge in [-0.2, -0.15) is 0 Å². The average molecular weight is 185 g/mol. The first-order valence-corrected chi connectivity index (χ1v) is 4.45. The van der Waals surface area contributed by atoms with Gasteiger partial charge in [-0.3, -0.25) is 0 Å². The first-order chi connectivity index (χ1) is 6.22. The summed E-state index contributed by atoms with van der Waals surface area (Å²) in [7, 11) is 0. The standard InChI is InChI=1S/C9H15NO3/c1-7(12)5-8-6-10-9(13-8)3-2-4-11/h6-7,11-12H,2-5H2,1H3. The third-order valence-corrected chi connectivity index (χ3v) is 1.65. The molecule has 0 saturated carbocycles. The molecule has 4 nitrogen and oxygen atoms in total. The maximum atomic E-state index is 9.06. The van der Waals surface area contributed by atoms with Crippen molar-refractivity contribution in [2.24, 2.45) is 0 Å². The van der Waals surface area contributed by atoms with Gasteiger partial charge in [0.25, 0.3) is 0 Å². The lowest BCUT2D eigenvalue weighted by Gasteiger charge is -1.98. The first-order valence-electron chi connectivity index (χ1n) is 4.45. The Kier molecular flexibility index (Phi) is 3.92. The molecule has 4 heteroatoms. The predicted octanol–water partition coefficient (Wildman–Crippen LogP) is 0.523. The zero-order valence-corrected chi connectivity index (χ0v) is 7.73. The van der Waals surface area contributed by atoms with Crippen LogP contribution in [0.15, 0.2) is 10.6 Å². The highest BCUT2D eigenvalue weighted by Crippen LogP contribution is 2.07. The SMILES string of the molecule is CC(O)Cc1cnc(CCCO)o1. The van der Waals surface area contributed by atoms with Gasteiger partial charge in [0.2, 0.25) is 0 Å². The van der Waals surface area contributed by atoms with E-state index in [1.54, 1.807) is 13.1 Å². The third kappa shape index (κ3) is 3.57. The van der Waals surface area contributed by atoms with E-state index in [0.717, 1.165) is 0 Å². The second-order valence-electron chi connectivity index (χ2n) is 3.10. The fourth-order valence-corrected chi connectivity index (χ4v) is 1.08. The van der Waals surface area contributed by atoms with Crippen LogP contribution < -0.4 is 0 Å². The first kappa shape index (κ1) is 10.2. The monoisotopic (exact) mass is 185 g/mol. The lowest BCUT2D eigenvalue weighted by Crippen LogP contribution is -2.02. The minimum atomic E-state index is -0.404. The molecule has 1 unspecified atom stereocenters. The minimum absolute atomic E-state index is 0.147. The zero-order valence-electron chi connectivity index (χ0n) is 7.73. The number of oxazole rings is 1. The van der Waals surface area contributed by atoms with Gasteiger partial charge >= 0.3 is 0 Å². The van der Waals surface area contributed by atoms with Crippen molar-refractivity contribution in [3.63, 3.8) is 0 Å². The molecule has 2 N–H and O–H groups in total. The Balaban J connectivity index is 2.44. The van der Waals surface area contributed by atoms with E-state index >= 15 is 0 Å². The highest BCUT2D eigenvalue weighted by Gasteiger charge is 2.05. The van der Waals surface area contributed by atoms with Gasteiger partial charge in [0, 0.05) is 19.4 Å². The molecule has 74 valence electrons. The summed E-state index contributed by atoms with van der Waals surface area (Å²) in [4.78, 5) is 4.02. The van der Waals surface area contributed by atoms with Crippen molar-refractivity contribution < 1.29 is 14.6 Å².